The lowest BCUT2D eigenvalue weighted by molar-refractivity contribution is -0.165. The molecule has 1 aliphatic heterocycles. The molecule has 1 amide bonds. The van der Waals surface area contributed by atoms with Gasteiger partial charge in [-0.15, -0.1) is 0 Å². The fourth-order valence-corrected chi connectivity index (χ4v) is 4.83. The fourth-order valence-electron chi connectivity index (χ4n) is 4.83. The maximum atomic E-state index is 14.8. The Balaban J connectivity index is 1.09. The number of nitrogens with zero attached hydrogens (tertiary/aromatic N) is 5. The van der Waals surface area contributed by atoms with Gasteiger partial charge in [-0.25, -0.2) is 14.4 Å². The SMILES string of the molecule is O=C(Cc1ccc(-c2cnc(Cc3cnn4c3CCC4)nc2)cc1F)Nc1cc(C2(C(F)(F)F)CC2)on1. The first kappa shape index (κ1) is 24.3. The van der Waals surface area contributed by atoms with Crippen molar-refractivity contribution in [1.82, 2.24) is 24.9 Å². The average molecular weight is 526 g/mol. The molecule has 0 saturated heterocycles. The number of alkyl halides is 3. The number of rotatable bonds is 7. The number of amides is 1. The molecule has 0 spiro atoms. The molecule has 0 bridgehead atoms. The van der Waals surface area contributed by atoms with Gasteiger partial charge in [-0.1, -0.05) is 17.3 Å². The van der Waals surface area contributed by atoms with Gasteiger partial charge in [0.05, 0.1) is 12.6 Å². The monoisotopic (exact) mass is 526 g/mol. The third-order valence-electron chi connectivity index (χ3n) is 7.15. The number of anilines is 1. The molecule has 3 aromatic heterocycles. The highest BCUT2D eigenvalue weighted by molar-refractivity contribution is 5.91. The van der Waals surface area contributed by atoms with Crippen LogP contribution < -0.4 is 5.32 Å². The Morgan fingerprint density at radius 1 is 1.08 bits per heavy atom. The van der Waals surface area contributed by atoms with Crippen LogP contribution >= 0.6 is 0 Å². The fraction of sp³-hybridized carbons (Fsp3) is 0.346. The normalized spacial score (nSPS) is 15.9. The van der Waals surface area contributed by atoms with E-state index in [0.717, 1.165) is 31.0 Å². The molecule has 1 aliphatic carbocycles. The smallest absolute Gasteiger partial charge is 0.358 e. The summed E-state index contributed by atoms with van der Waals surface area (Å²) in [7, 11) is 0. The van der Waals surface area contributed by atoms with Crippen LogP contribution in [-0.4, -0.2) is 37.0 Å². The molecule has 0 unspecified atom stereocenters. The van der Waals surface area contributed by atoms with Gasteiger partial charge in [0.25, 0.3) is 0 Å². The summed E-state index contributed by atoms with van der Waals surface area (Å²) in [5.74, 6) is -1.07. The Morgan fingerprint density at radius 2 is 1.87 bits per heavy atom. The number of halogens is 4. The van der Waals surface area contributed by atoms with Crippen molar-refractivity contribution in [3.05, 3.63) is 77.1 Å². The zero-order valence-corrected chi connectivity index (χ0v) is 20.1. The predicted molar refractivity (Wildman–Crippen MR) is 127 cm³/mol. The van der Waals surface area contributed by atoms with Crippen LogP contribution in [0.25, 0.3) is 11.1 Å². The topological polar surface area (TPSA) is 98.7 Å². The second-order valence-corrected chi connectivity index (χ2v) is 9.70. The Bertz CT molecular complexity index is 1500. The summed E-state index contributed by atoms with van der Waals surface area (Å²) in [5.41, 5.74) is 1.59. The van der Waals surface area contributed by atoms with E-state index in [4.69, 9.17) is 4.52 Å². The molecule has 6 rings (SSSR count). The van der Waals surface area contributed by atoms with E-state index in [1.807, 2.05) is 10.9 Å². The lowest BCUT2D eigenvalue weighted by atomic mass is 10.0. The molecule has 0 atom stereocenters. The van der Waals surface area contributed by atoms with Crippen LogP contribution in [0.1, 0.15) is 47.7 Å². The number of hydrogen-bond acceptors (Lipinski definition) is 6. The molecule has 1 N–H and O–H groups in total. The first-order valence-electron chi connectivity index (χ1n) is 12.2. The molecule has 38 heavy (non-hydrogen) atoms. The molecular weight excluding hydrogens is 504 g/mol. The summed E-state index contributed by atoms with van der Waals surface area (Å²) in [6.45, 7) is 0.933. The van der Waals surface area contributed by atoms with Gasteiger partial charge >= 0.3 is 6.18 Å². The van der Waals surface area contributed by atoms with Crippen LogP contribution in [-0.2, 0) is 36.0 Å². The second kappa shape index (κ2) is 9.03. The van der Waals surface area contributed by atoms with Gasteiger partial charge in [0.15, 0.2) is 11.6 Å². The molecule has 0 radical (unpaired) electrons. The first-order chi connectivity index (χ1) is 18.2. The van der Waals surface area contributed by atoms with Gasteiger partial charge in [-0.3, -0.25) is 9.48 Å². The largest absolute Gasteiger partial charge is 0.401 e. The molecular formula is C26H22F4N6O2. The summed E-state index contributed by atoms with van der Waals surface area (Å²) in [5, 5.41) is 10.3. The number of carbonyl (C=O) groups is 1. The summed E-state index contributed by atoms with van der Waals surface area (Å²) in [6.07, 6.45) is 2.80. The molecule has 1 saturated carbocycles. The van der Waals surface area contributed by atoms with E-state index in [0.29, 0.717) is 23.4 Å². The van der Waals surface area contributed by atoms with Crippen LogP contribution in [0.15, 0.2) is 47.4 Å². The van der Waals surface area contributed by atoms with E-state index < -0.39 is 23.3 Å². The lowest BCUT2D eigenvalue weighted by Crippen LogP contribution is -2.28. The zero-order chi connectivity index (χ0) is 26.5. The summed E-state index contributed by atoms with van der Waals surface area (Å²) < 4.78 is 61.4. The van der Waals surface area contributed by atoms with Gasteiger partial charge in [0.1, 0.15) is 17.1 Å². The maximum Gasteiger partial charge on any atom is 0.401 e. The number of aromatic nitrogens is 5. The number of fused-ring (bicyclic) bond motifs is 1. The number of benzene rings is 1. The van der Waals surface area contributed by atoms with Crippen molar-refractivity contribution in [3.63, 3.8) is 0 Å². The molecule has 12 heteroatoms. The van der Waals surface area contributed by atoms with Gasteiger partial charge < -0.3 is 9.84 Å². The predicted octanol–water partition coefficient (Wildman–Crippen LogP) is 4.78. The second-order valence-electron chi connectivity index (χ2n) is 9.70. The number of nitrogens with one attached hydrogen (secondary N) is 1. The first-order valence-corrected chi connectivity index (χ1v) is 12.2. The van der Waals surface area contributed by atoms with Gasteiger partial charge in [-0.2, -0.15) is 18.3 Å². The quantitative estimate of drug-likeness (QED) is 0.348. The molecule has 1 aromatic carbocycles. The molecule has 1 fully saturated rings. The van der Waals surface area contributed by atoms with Gasteiger partial charge in [0.2, 0.25) is 5.91 Å². The molecule has 4 aromatic rings. The standard InChI is InChI=1S/C26H22F4N6O2/c27-19-8-15(18-12-31-22(32-13-18)9-17-14-33-36-7-1-2-20(17)36)3-4-16(19)10-24(37)34-23-11-21(38-35-23)25(5-6-25)26(28,29)30/h3-4,8,11-14H,1-2,5-7,9-10H2,(H,34,35,37). The van der Waals surface area contributed by atoms with Crippen molar-refractivity contribution >= 4 is 11.7 Å². The van der Waals surface area contributed by atoms with Crippen LogP contribution in [0.2, 0.25) is 0 Å². The van der Waals surface area contributed by atoms with Crippen LogP contribution in [0, 0.1) is 5.82 Å². The van der Waals surface area contributed by atoms with Crippen molar-refractivity contribution < 1.29 is 26.9 Å². The summed E-state index contributed by atoms with van der Waals surface area (Å²) in [4.78, 5) is 21.2. The third kappa shape index (κ3) is 4.44. The van der Waals surface area contributed by atoms with Crippen LogP contribution in [0.4, 0.5) is 23.4 Å². The van der Waals surface area contributed by atoms with Crippen molar-refractivity contribution in [2.45, 2.75) is 56.7 Å². The zero-order valence-electron chi connectivity index (χ0n) is 20.1. The Morgan fingerprint density at radius 3 is 2.58 bits per heavy atom. The van der Waals surface area contributed by atoms with Crippen molar-refractivity contribution in [2.24, 2.45) is 0 Å². The van der Waals surface area contributed by atoms with Gasteiger partial charge in [0, 0.05) is 48.2 Å². The molecule has 196 valence electrons. The van der Waals surface area contributed by atoms with E-state index in [2.05, 4.69) is 25.5 Å². The summed E-state index contributed by atoms with van der Waals surface area (Å²) in [6, 6.07) is 5.50. The minimum absolute atomic E-state index is 0.0863. The van der Waals surface area contributed by atoms with Crippen molar-refractivity contribution in [3.8, 4) is 11.1 Å². The van der Waals surface area contributed by atoms with E-state index in [1.54, 1.807) is 18.5 Å². The molecule has 4 heterocycles. The third-order valence-corrected chi connectivity index (χ3v) is 7.15. The van der Waals surface area contributed by atoms with E-state index in [-0.39, 0.29) is 36.4 Å². The number of carbonyl (C=O) groups excluding carboxylic acids is 1. The van der Waals surface area contributed by atoms with E-state index in [9.17, 15) is 22.4 Å². The number of hydrogen-bond donors (Lipinski definition) is 1. The van der Waals surface area contributed by atoms with Crippen molar-refractivity contribution in [1.29, 1.82) is 0 Å². The van der Waals surface area contributed by atoms with Gasteiger partial charge in [-0.05, 0) is 42.9 Å². The summed E-state index contributed by atoms with van der Waals surface area (Å²) >= 11 is 0. The average Bonchev–Trinajstić information content (AvgIpc) is 3.18. The Hall–Kier alpha value is -4.09. The Kier molecular flexibility index (Phi) is 5.77. The van der Waals surface area contributed by atoms with E-state index in [1.165, 1.54) is 17.8 Å². The van der Waals surface area contributed by atoms with Crippen LogP contribution in [0.5, 0.6) is 0 Å². The van der Waals surface area contributed by atoms with Crippen molar-refractivity contribution in [2.75, 3.05) is 5.32 Å². The highest BCUT2D eigenvalue weighted by Crippen LogP contribution is 2.59. The van der Waals surface area contributed by atoms with Crippen LogP contribution in [0.3, 0.4) is 0 Å². The highest BCUT2D eigenvalue weighted by atomic mass is 19.4. The number of aryl methyl sites for hydroxylation is 1. The minimum atomic E-state index is -4.45. The highest BCUT2D eigenvalue weighted by Gasteiger charge is 2.66. The molecule has 2 aliphatic rings. The minimum Gasteiger partial charge on any atom is -0.358 e. The van der Waals surface area contributed by atoms with E-state index >= 15 is 0 Å². The lowest BCUT2D eigenvalue weighted by Gasteiger charge is -2.14. The Labute approximate surface area is 214 Å². The maximum absolute atomic E-state index is 14.8. The molecule has 8 nitrogen and oxygen atoms in total.